The number of imidazole rings is 1. The van der Waals surface area contributed by atoms with E-state index in [1.165, 1.54) is 0 Å². The summed E-state index contributed by atoms with van der Waals surface area (Å²) in [7, 11) is 1.89. The van der Waals surface area contributed by atoms with Crippen LogP contribution in [0.25, 0.3) is 5.69 Å². The Bertz CT molecular complexity index is 498. The molecule has 0 aliphatic carbocycles. The second-order valence-electron chi connectivity index (χ2n) is 3.29. The fourth-order valence-corrected chi connectivity index (χ4v) is 1.60. The molecule has 0 radical (unpaired) electrons. The minimum atomic E-state index is -0.112. The largest absolute Gasteiger partial charge is 0.330 e. The molecule has 0 atom stereocenters. The lowest BCUT2D eigenvalue weighted by Crippen LogP contribution is -2.17. The first-order valence-corrected chi connectivity index (χ1v) is 4.82. The normalized spacial score (nSPS) is 10.5. The number of para-hydroxylation sites is 1. The molecule has 1 aromatic heterocycles. The van der Waals surface area contributed by atoms with Crippen LogP contribution in [0.3, 0.4) is 0 Å². The first-order valence-electron chi connectivity index (χ1n) is 4.82. The molecular formula is C11H13N3O. The molecule has 15 heavy (non-hydrogen) atoms. The van der Waals surface area contributed by atoms with E-state index in [4.69, 9.17) is 0 Å². The molecule has 1 aromatic carbocycles. The van der Waals surface area contributed by atoms with Gasteiger partial charge in [0.2, 0.25) is 0 Å². The molecule has 1 heterocycles. The van der Waals surface area contributed by atoms with Gasteiger partial charge in [0.1, 0.15) is 0 Å². The smallest absolute Gasteiger partial charge is 0.316 e. The van der Waals surface area contributed by atoms with E-state index < -0.39 is 0 Å². The predicted molar refractivity (Wildman–Crippen MR) is 59.2 cm³/mol. The summed E-state index contributed by atoms with van der Waals surface area (Å²) < 4.78 is 1.60. The molecular weight excluding hydrogens is 190 g/mol. The van der Waals surface area contributed by atoms with E-state index in [-0.39, 0.29) is 5.69 Å². The van der Waals surface area contributed by atoms with Crippen LogP contribution in [0.1, 0.15) is 5.56 Å². The first-order chi connectivity index (χ1) is 7.33. The van der Waals surface area contributed by atoms with Crippen molar-refractivity contribution in [2.24, 2.45) is 0 Å². The molecule has 0 bridgehead atoms. The summed E-state index contributed by atoms with van der Waals surface area (Å²) >= 11 is 0. The minimum absolute atomic E-state index is 0.112. The molecule has 0 aliphatic heterocycles. The molecule has 0 fully saturated rings. The minimum Gasteiger partial charge on any atom is -0.316 e. The average molecular weight is 203 g/mol. The predicted octanol–water partition coefficient (Wildman–Crippen LogP) is 0.885. The van der Waals surface area contributed by atoms with Crippen LogP contribution in [0.4, 0.5) is 0 Å². The quantitative estimate of drug-likeness (QED) is 0.778. The van der Waals surface area contributed by atoms with Gasteiger partial charge in [0.15, 0.2) is 0 Å². The third-order valence-corrected chi connectivity index (χ3v) is 2.27. The molecule has 0 saturated heterocycles. The van der Waals surface area contributed by atoms with E-state index >= 15 is 0 Å². The highest BCUT2D eigenvalue weighted by molar-refractivity contribution is 5.40. The van der Waals surface area contributed by atoms with Gasteiger partial charge in [-0.3, -0.25) is 4.57 Å². The number of rotatable bonds is 3. The Balaban J connectivity index is 2.52. The zero-order valence-electron chi connectivity index (χ0n) is 8.53. The van der Waals surface area contributed by atoms with Gasteiger partial charge in [-0.2, -0.15) is 0 Å². The fraction of sp³-hybridized carbons (Fsp3) is 0.182. The summed E-state index contributed by atoms with van der Waals surface area (Å²) in [6, 6.07) is 7.83. The van der Waals surface area contributed by atoms with Crippen molar-refractivity contribution in [1.82, 2.24) is 14.9 Å². The SMILES string of the molecule is CNCc1ccccc1-n1cc[nH]c1=O. The lowest BCUT2D eigenvalue weighted by atomic mass is 10.2. The third-order valence-electron chi connectivity index (χ3n) is 2.27. The van der Waals surface area contributed by atoms with Gasteiger partial charge < -0.3 is 10.3 Å². The summed E-state index contributed by atoms with van der Waals surface area (Å²) in [4.78, 5) is 14.1. The summed E-state index contributed by atoms with van der Waals surface area (Å²) in [6.07, 6.45) is 3.37. The molecule has 2 N–H and O–H groups in total. The highest BCUT2D eigenvalue weighted by Crippen LogP contribution is 2.11. The molecule has 2 rings (SSSR count). The summed E-state index contributed by atoms with van der Waals surface area (Å²) in [5.74, 6) is 0. The van der Waals surface area contributed by atoms with Crippen molar-refractivity contribution in [1.29, 1.82) is 0 Å². The standard InChI is InChI=1S/C11H13N3O/c1-12-8-9-4-2-3-5-10(9)14-7-6-13-11(14)15/h2-7,12H,8H2,1H3,(H,13,15). The molecule has 0 unspecified atom stereocenters. The van der Waals surface area contributed by atoms with E-state index in [9.17, 15) is 4.79 Å². The summed E-state index contributed by atoms with van der Waals surface area (Å²) in [5.41, 5.74) is 1.90. The lowest BCUT2D eigenvalue weighted by Gasteiger charge is -2.08. The maximum atomic E-state index is 11.5. The van der Waals surface area contributed by atoms with Gasteiger partial charge in [-0.1, -0.05) is 18.2 Å². The average Bonchev–Trinajstić information content (AvgIpc) is 2.66. The van der Waals surface area contributed by atoms with Crippen molar-refractivity contribution in [2.45, 2.75) is 6.54 Å². The molecule has 4 nitrogen and oxygen atoms in total. The van der Waals surface area contributed by atoms with Gasteiger partial charge in [-0.15, -0.1) is 0 Å². The Labute approximate surface area is 87.6 Å². The van der Waals surface area contributed by atoms with Gasteiger partial charge in [0.25, 0.3) is 0 Å². The van der Waals surface area contributed by atoms with Crippen molar-refractivity contribution in [3.63, 3.8) is 0 Å². The van der Waals surface area contributed by atoms with E-state index in [0.29, 0.717) is 0 Å². The first kappa shape index (κ1) is 9.73. The molecule has 78 valence electrons. The number of nitrogens with one attached hydrogen (secondary N) is 2. The van der Waals surface area contributed by atoms with Crippen molar-refractivity contribution in [3.8, 4) is 5.69 Å². The van der Waals surface area contributed by atoms with Crippen molar-refractivity contribution < 1.29 is 0 Å². The van der Waals surface area contributed by atoms with Crippen molar-refractivity contribution in [3.05, 3.63) is 52.7 Å². The van der Waals surface area contributed by atoms with Gasteiger partial charge in [0, 0.05) is 18.9 Å². The van der Waals surface area contributed by atoms with E-state index in [1.54, 1.807) is 17.0 Å². The monoisotopic (exact) mass is 203 g/mol. The summed E-state index contributed by atoms with van der Waals surface area (Å²) in [6.45, 7) is 0.744. The highest BCUT2D eigenvalue weighted by Gasteiger charge is 2.04. The van der Waals surface area contributed by atoms with Crippen LogP contribution in [0, 0.1) is 0 Å². The Morgan fingerprint density at radius 2 is 2.20 bits per heavy atom. The number of nitrogens with zero attached hydrogens (tertiary/aromatic N) is 1. The Hall–Kier alpha value is -1.81. The second kappa shape index (κ2) is 4.14. The van der Waals surface area contributed by atoms with Crippen LogP contribution < -0.4 is 11.0 Å². The molecule has 2 aromatic rings. The molecule has 0 aliphatic rings. The Morgan fingerprint density at radius 1 is 1.40 bits per heavy atom. The van der Waals surface area contributed by atoms with Gasteiger partial charge in [0.05, 0.1) is 5.69 Å². The number of aromatic nitrogens is 2. The van der Waals surface area contributed by atoms with E-state index in [1.807, 2.05) is 31.3 Å². The zero-order chi connectivity index (χ0) is 10.7. The zero-order valence-corrected chi connectivity index (χ0v) is 8.53. The van der Waals surface area contributed by atoms with Crippen LogP contribution in [-0.2, 0) is 6.54 Å². The van der Waals surface area contributed by atoms with Crippen LogP contribution >= 0.6 is 0 Å². The van der Waals surface area contributed by atoms with Crippen LogP contribution in [0.2, 0.25) is 0 Å². The van der Waals surface area contributed by atoms with E-state index in [2.05, 4.69) is 10.3 Å². The number of H-pyrrole nitrogens is 1. The maximum Gasteiger partial charge on any atom is 0.330 e. The van der Waals surface area contributed by atoms with Crippen LogP contribution in [0.5, 0.6) is 0 Å². The number of hydrogen-bond acceptors (Lipinski definition) is 2. The number of benzene rings is 1. The number of aromatic amines is 1. The highest BCUT2D eigenvalue weighted by atomic mass is 16.1. The van der Waals surface area contributed by atoms with E-state index in [0.717, 1.165) is 17.8 Å². The maximum absolute atomic E-state index is 11.5. The second-order valence-corrected chi connectivity index (χ2v) is 3.29. The van der Waals surface area contributed by atoms with Crippen LogP contribution in [-0.4, -0.2) is 16.6 Å². The van der Waals surface area contributed by atoms with Crippen molar-refractivity contribution in [2.75, 3.05) is 7.05 Å². The van der Waals surface area contributed by atoms with Crippen molar-refractivity contribution >= 4 is 0 Å². The Morgan fingerprint density at radius 3 is 2.87 bits per heavy atom. The molecule has 0 saturated carbocycles. The van der Waals surface area contributed by atoms with Crippen LogP contribution in [0.15, 0.2) is 41.5 Å². The summed E-state index contributed by atoms with van der Waals surface area (Å²) in [5, 5.41) is 3.08. The van der Waals surface area contributed by atoms with Gasteiger partial charge >= 0.3 is 5.69 Å². The molecule has 4 heteroatoms. The number of hydrogen-bond donors (Lipinski definition) is 2. The Kier molecular flexibility index (Phi) is 2.69. The molecule has 0 amide bonds. The van der Waals surface area contributed by atoms with Gasteiger partial charge in [-0.25, -0.2) is 4.79 Å². The topological polar surface area (TPSA) is 49.8 Å². The lowest BCUT2D eigenvalue weighted by molar-refractivity contribution is 0.804. The van der Waals surface area contributed by atoms with Gasteiger partial charge in [-0.05, 0) is 18.7 Å². The molecule has 0 spiro atoms. The fourth-order valence-electron chi connectivity index (χ4n) is 1.60. The third kappa shape index (κ3) is 1.85.